The van der Waals surface area contributed by atoms with Gasteiger partial charge in [-0.3, -0.25) is 4.68 Å². The monoisotopic (exact) mass is 312 g/mol. The van der Waals surface area contributed by atoms with Crippen molar-refractivity contribution < 1.29 is 9.50 Å². The fraction of sp³-hybridized carbons (Fsp3) is 0.308. The predicted molar refractivity (Wildman–Crippen MR) is 70.7 cm³/mol. The standard InChI is InChI=1S/C13H14BrFN2O/c1-2-17-8-9(7-16-17)5-13(18)11-4-3-10(15)6-12(11)14/h3-4,6-8,13,18H,2,5H2,1H3. The van der Waals surface area contributed by atoms with Gasteiger partial charge in [0.25, 0.3) is 0 Å². The van der Waals surface area contributed by atoms with Crippen molar-refractivity contribution in [2.75, 3.05) is 0 Å². The molecule has 18 heavy (non-hydrogen) atoms. The molecule has 1 aromatic heterocycles. The molecule has 0 spiro atoms. The molecular formula is C13H14BrFN2O. The van der Waals surface area contributed by atoms with E-state index in [2.05, 4.69) is 21.0 Å². The Morgan fingerprint density at radius 1 is 1.50 bits per heavy atom. The maximum atomic E-state index is 13.0. The smallest absolute Gasteiger partial charge is 0.124 e. The quantitative estimate of drug-likeness (QED) is 0.942. The first-order chi connectivity index (χ1) is 8.60. The van der Waals surface area contributed by atoms with Crippen molar-refractivity contribution in [3.8, 4) is 0 Å². The zero-order valence-corrected chi connectivity index (χ0v) is 11.6. The summed E-state index contributed by atoms with van der Waals surface area (Å²) in [5, 5.41) is 14.3. The third-order valence-electron chi connectivity index (χ3n) is 2.76. The van der Waals surface area contributed by atoms with Gasteiger partial charge < -0.3 is 5.11 Å². The molecule has 0 amide bonds. The minimum Gasteiger partial charge on any atom is -0.388 e. The molecule has 3 nitrogen and oxygen atoms in total. The second kappa shape index (κ2) is 5.63. The fourth-order valence-corrected chi connectivity index (χ4v) is 2.40. The van der Waals surface area contributed by atoms with Crippen LogP contribution in [0.3, 0.4) is 0 Å². The van der Waals surface area contributed by atoms with E-state index in [1.165, 1.54) is 12.1 Å². The van der Waals surface area contributed by atoms with Crippen LogP contribution < -0.4 is 0 Å². The van der Waals surface area contributed by atoms with Gasteiger partial charge in [0.2, 0.25) is 0 Å². The normalized spacial score (nSPS) is 12.7. The number of aliphatic hydroxyl groups excluding tert-OH is 1. The van der Waals surface area contributed by atoms with Crippen molar-refractivity contribution in [1.29, 1.82) is 0 Å². The Morgan fingerprint density at radius 3 is 2.89 bits per heavy atom. The van der Waals surface area contributed by atoms with E-state index in [0.717, 1.165) is 12.1 Å². The largest absolute Gasteiger partial charge is 0.388 e. The molecule has 1 atom stereocenters. The van der Waals surface area contributed by atoms with Crippen molar-refractivity contribution in [2.45, 2.75) is 26.0 Å². The minimum absolute atomic E-state index is 0.323. The van der Waals surface area contributed by atoms with E-state index in [1.807, 2.05) is 17.8 Å². The number of rotatable bonds is 4. The second-order valence-electron chi connectivity index (χ2n) is 4.09. The fourth-order valence-electron chi connectivity index (χ4n) is 1.79. The molecule has 0 fully saturated rings. The zero-order chi connectivity index (χ0) is 13.1. The summed E-state index contributed by atoms with van der Waals surface area (Å²) in [6.07, 6.45) is 3.43. The molecule has 1 heterocycles. The van der Waals surface area contributed by atoms with Crippen molar-refractivity contribution in [1.82, 2.24) is 9.78 Å². The minimum atomic E-state index is -0.672. The van der Waals surface area contributed by atoms with Crippen molar-refractivity contribution >= 4 is 15.9 Å². The van der Waals surface area contributed by atoms with Gasteiger partial charge >= 0.3 is 0 Å². The Balaban J connectivity index is 2.13. The first-order valence-corrected chi connectivity index (χ1v) is 6.53. The van der Waals surface area contributed by atoms with Crippen LogP contribution in [0, 0.1) is 5.82 Å². The lowest BCUT2D eigenvalue weighted by Gasteiger charge is -2.11. The summed E-state index contributed by atoms with van der Waals surface area (Å²) < 4.78 is 15.4. The Hall–Kier alpha value is -1.20. The Kier molecular flexibility index (Phi) is 4.14. The highest BCUT2D eigenvalue weighted by Gasteiger charge is 2.13. The molecule has 96 valence electrons. The summed E-state index contributed by atoms with van der Waals surface area (Å²) in [5.41, 5.74) is 1.64. The molecule has 0 aliphatic carbocycles. The van der Waals surface area contributed by atoms with Crippen LogP contribution in [0.5, 0.6) is 0 Å². The number of halogens is 2. The van der Waals surface area contributed by atoms with Crippen LogP contribution in [0.2, 0.25) is 0 Å². The van der Waals surface area contributed by atoms with E-state index in [-0.39, 0.29) is 5.82 Å². The number of nitrogens with zero attached hydrogens (tertiary/aromatic N) is 2. The molecule has 1 N–H and O–H groups in total. The van der Waals surface area contributed by atoms with Crippen LogP contribution in [-0.2, 0) is 13.0 Å². The van der Waals surface area contributed by atoms with Gasteiger partial charge in [0, 0.05) is 23.6 Å². The summed E-state index contributed by atoms with van der Waals surface area (Å²) in [5.74, 6) is -0.323. The van der Waals surface area contributed by atoms with Crippen LogP contribution in [-0.4, -0.2) is 14.9 Å². The van der Waals surface area contributed by atoms with Crippen LogP contribution >= 0.6 is 15.9 Å². The summed E-state index contributed by atoms with van der Waals surface area (Å²) in [4.78, 5) is 0. The number of aromatic nitrogens is 2. The number of hydrogen-bond donors (Lipinski definition) is 1. The van der Waals surface area contributed by atoms with E-state index < -0.39 is 6.10 Å². The van der Waals surface area contributed by atoms with Gasteiger partial charge in [-0.1, -0.05) is 22.0 Å². The topological polar surface area (TPSA) is 38.0 Å². The number of hydrogen-bond acceptors (Lipinski definition) is 2. The van der Waals surface area contributed by atoms with E-state index in [9.17, 15) is 9.50 Å². The third kappa shape index (κ3) is 2.97. The lowest BCUT2D eigenvalue weighted by Crippen LogP contribution is -2.02. The van der Waals surface area contributed by atoms with Crippen molar-refractivity contribution in [3.63, 3.8) is 0 Å². The van der Waals surface area contributed by atoms with Crippen molar-refractivity contribution in [2.24, 2.45) is 0 Å². The second-order valence-corrected chi connectivity index (χ2v) is 4.94. The van der Waals surface area contributed by atoms with Crippen LogP contribution in [0.4, 0.5) is 4.39 Å². The third-order valence-corrected chi connectivity index (χ3v) is 3.45. The number of benzene rings is 1. The van der Waals surface area contributed by atoms with E-state index in [4.69, 9.17) is 0 Å². The SMILES string of the molecule is CCn1cc(CC(O)c2ccc(F)cc2Br)cn1. The summed E-state index contributed by atoms with van der Waals surface area (Å²) >= 11 is 3.26. The molecule has 0 radical (unpaired) electrons. The zero-order valence-electron chi connectivity index (χ0n) is 9.98. The van der Waals surface area contributed by atoms with Gasteiger partial charge in [0.15, 0.2) is 0 Å². The number of aryl methyl sites for hydroxylation is 1. The van der Waals surface area contributed by atoms with Gasteiger partial charge in [-0.15, -0.1) is 0 Å². The average molecular weight is 313 g/mol. The van der Waals surface area contributed by atoms with Crippen LogP contribution in [0.15, 0.2) is 35.1 Å². The van der Waals surface area contributed by atoms with Gasteiger partial charge in [0.05, 0.1) is 12.3 Å². The van der Waals surface area contributed by atoms with Crippen LogP contribution in [0.1, 0.15) is 24.2 Å². The maximum absolute atomic E-state index is 13.0. The molecule has 2 aromatic rings. The molecule has 0 aliphatic heterocycles. The molecule has 0 aliphatic rings. The number of aliphatic hydroxyl groups is 1. The molecule has 2 rings (SSSR count). The predicted octanol–water partition coefficient (Wildman–Crippen LogP) is 3.08. The highest BCUT2D eigenvalue weighted by atomic mass is 79.9. The molecule has 0 bridgehead atoms. The molecule has 5 heteroatoms. The Bertz CT molecular complexity index is 542. The average Bonchev–Trinajstić information content (AvgIpc) is 2.76. The maximum Gasteiger partial charge on any atom is 0.124 e. The van der Waals surface area contributed by atoms with E-state index >= 15 is 0 Å². The first kappa shape index (κ1) is 13.2. The van der Waals surface area contributed by atoms with Gasteiger partial charge in [0.1, 0.15) is 5.82 Å². The Morgan fingerprint density at radius 2 is 2.28 bits per heavy atom. The molecule has 0 saturated heterocycles. The summed E-state index contributed by atoms with van der Waals surface area (Å²) in [6, 6.07) is 4.29. The summed E-state index contributed by atoms with van der Waals surface area (Å²) in [6.45, 7) is 2.81. The highest BCUT2D eigenvalue weighted by molar-refractivity contribution is 9.10. The lowest BCUT2D eigenvalue weighted by atomic mass is 10.0. The van der Waals surface area contributed by atoms with Gasteiger partial charge in [-0.05, 0) is 30.2 Å². The van der Waals surface area contributed by atoms with E-state index in [0.29, 0.717) is 16.5 Å². The summed E-state index contributed by atoms with van der Waals surface area (Å²) in [7, 11) is 0. The Labute approximate surface area is 113 Å². The van der Waals surface area contributed by atoms with E-state index in [1.54, 1.807) is 12.3 Å². The van der Waals surface area contributed by atoms with Crippen molar-refractivity contribution in [3.05, 3.63) is 52.0 Å². The first-order valence-electron chi connectivity index (χ1n) is 5.74. The lowest BCUT2D eigenvalue weighted by molar-refractivity contribution is 0.177. The van der Waals surface area contributed by atoms with Gasteiger partial charge in [-0.25, -0.2) is 4.39 Å². The molecular weight excluding hydrogens is 299 g/mol. The highest BCUT2D eigenvalue weighted by Crippen LogP contribution is 2.26. The molecule has 1 aromatic carbocycles. The van der Waals surface area contributed by atoms with Crippen LogP contribution in [0.25, 0.3) is 0 Å². The molecule has 1 unspecified atom stereocenters. The van der Waals surface area contributed by atoms with Gasteiger partial charge in [-0.2, -0.15) is 5.10 Å². The molecule has 0 saturated carbocycles.